The molecular weight excluding hydrogens is 504 g/mol. The fourth-order valence-electron chi connectivity index (χ4n) is 3.00. The number of nitriles is 1. The standard InChI is InChI=1S/C9H8F4.C8H6ClN.C8H19NO2S/c1-2-6-4-3-5-7(10)8(6)9(11,12)13;1-6-2-3-7(5-10)8(9)4-6;1-5-8(7(2)3)6-9-12(4,10)11/h3-5H,2H2,1H3;2-4H,1H3;7-9H,5-6H2,1-4H3. The lowest BCUT2D eigenvalue weighted by atomic mass is 9.94. The van der Waals surface area contributed by atoms with Gasteiger partial charge in [0, 0.05) is 6.54 Å². The second-order valence-electron chi connectivity index (χ2n) is 8.25. The van der Waals surface area contributed by atoms with Crippen LogP contribution in [0.15, 0.2) is 36.4 Å². The van der Waals surface area contributed by atoms with E-state index in [1.807, 2.05) is 19.1 Å². The van der Waals surface area contributed by atoms with Crippen LogP contribution in [0, 0.1) is 35.9 Å². The van der Waals surface area contributed by atoms with E-state index in [1.165, 1.54) is 18.4 Å². The molecule has 0 aromatic heterocycles. The van der Waals surface area contributed by atoms with Gasteiger partial charge in [-0.05, 0) is 54.5 Å². The molecule has 2 aromatic carbocycles. The fraction of sp³-hybridized carbons (Fsp3) is 0.480. The minimum absolute atomic E-state index is 0.00694. The third-order valence-corrected chi connectivity index (χ3v) is 6.09. The first-order valence-electron chi connectivity index (χ1n) is 11.0. The second kappa shape index (κ2) is 15.1. The normalized spacial score (nSPS) is 12.1. The summed E-state index contributed by atoms with van der Waals surface area (Å²) in [4.78, 5) is 0. The first kappa shape index (κ1) is 32.8. The van der Waals surface area contributed by atoms with Gasteiger partial charge in [0.15, 0.2) is 0 Å². The lowest BCUT2D eigenvalue weighted by molar-refractivity contribution is -0.140. The monoisotopic (exact) mass is 536 g/mol. The van der Waals surface area contributed by atoms with Crippen molar-refractivity contribution in [2.24, 2.45) is 11.8 Å². The first-order chi connectivity index (χ1) is 16.1. The first-order valence-corrected chi connectivity index (χ1v) is 13.3. The minimum Gasteiger partial charge on any atom is -0.215 e. The molecule has 0 radical (unpaired) electrons. The molecule has 0 heterocycles. The molecule has 196 valence electrons. The van der Waals surface area contributed by atoms with E-state index in [9.17, 15) is 26.0 Å². The molecule has 4 nitrogen and oxygen atoms in total. The van der Waals surface area contributed by atoms with E-state index in [0.717, 1.165) is 18.1 Å². The highest BCUT2D eigenvalue weighted by atomic mass is 35.5. The van der Waals surface area contributed by atoms with E-state index >= 15 is 0 Å². The summed E-state index contributed by atoms with van der Waals surface area (Å²) in [5.41, 5.74) is 0.460. The minimum atomic E-state index is -4.60. The van der Waals surface area contributed by atoms with Gasteiger partial charge in [-0.15, -0.1) is 0 Å². The Bertz CT molecular complexity index is 1080. The summed E-state index contributed by atoms with van der Waals surface area (Å²) >= 11 is 5.71. The van der Waals surface area contributed by atoms with Crippen molar-refractivity contribution >= 4 is 21.6 Å². The van der Waals surface area contributed by atoms with Gasteiger partial charge in [0.05, 0.1) is 22.4 Å². The van der Waals surface area contributed by atoms with E-state index in [1.54, 1.807) is 19.1 Å². The van der Waals surface area contributed by atoms with Crippen LogP contribution in [0.2, 0.25) is 5.02 Å². The number of hydrogen-bond donors (Lipinski definition) is 1. The van der Waals surface area contributed by atoms with Crippen molar-refractivity contribution in [1.29, 1.82) is 5.26 Å². The summed E-state index contributed by atoms with van der Waals surface area (Å²) in [6.45, 7) is 10.4. The summed E-state index contributed by atoms with van der Waals surface area (Å²) in [5, 5.41) is 9.00. The van der Waals surface area contributed by atoms with Crippen LogP contribution in [-0.4, -0.2) is 21.2 Å². The van der Waals surface area contributed by atoms with Gasteiger partial charge in [0.1, 0.15) is 11.9 Å². The van der Waals surface area contributed by atoms with Crippen LogP contribution < -0.4 is 4.72 Å². The molecule has 0 bridgehead atoms. The van der Waals surface area contributed by atoms with Gasteiger partial charge in [0.25, 0.3) is 0 Å². The van der Waals surface area contributed by atoms with Crippen molar-refractivity contribution in [3.63, 3.8) is 0 Å². The predicted molar refractivity (Wildman–Crippen MR) is 133 cm³/mol. The number of rotatable bonds is 6. The topological polar surface area (TPSA) is 70.0 Å². The van der Waals surface area contributed by atoms with E-state index in [0.29, 0.717) is 29.0 Å². The highest BCUT2D eigenvalue weighted by Crippen LogP contribution is 2.34. The van der Waals surface area contributed by atoms with Crippen LogP contribution in [0.5, 0.6) is 0 Å². The molecular formula is C25H33ClF4N2O2S. The van der Waals surface area contributed by atoms with Crippen molar-refractivity contribution in [3.05, 3.63) is 69.5 Å². The fourth-order valence-corrected chi connectivity index (χ4v) is 3.80. The average molecular weight is 537 g/mol. The van der Waals surface area contributed by atoms with Gasteiger partial charge in [-0.2, -0.15) is 18.4 Å². The number of sulfonamides is 1. The Morgan fingerprint density at radius 2 is 1.74 bits per heavy atom. The molecule has 0 spiro atoms. The van der Waals surface area contributed by atoms with Crippen molar-refractivity contribution in [2.75, 3.05) is 12.8 Å². The maximum absolute atomic E-state index is 12.8. The van der Waals surface area contributed by atoms with E-state index in [-0.39, 0.29) is 12.0 Å². The number of aryl methyl sites for hydroxylation is 2. The largest absolute Gasteiger partial charge is 0.419 e. The van der Waals surface area contributed by atoms with Crippen LogP contribution >= 0.6 is 11.6 Å². The van der Waals surface area contributed by atoms with Crippen LogP contribution in [0.3, 0.4) is 0 Å². The number of nitrogens with one attached hydrogen (secondary N) is 1. The molecule has 0 saturated heterocycles. The maximum atomic E-state index is 12.8. The third kappa shape index (κ3) is 12.9. The van der Waals surface area contributed by atoms with Gasteiger partial charge in [-0.3, -0.25) is 0 Å². The summed E-state index contributed by atoms with van der Waals surface area (Å²) < 4.78 is 73.6. The summed E-state index contributed by atoms with van der Waals surface area (Å²) in [6, 6.07) is 10.7. The Morgan fingerprint density at radius 1 is 1.14 bits per heavy atom. The number of alkyl halides is 3. The zero-order chi connectivity index (χ0) is 27.4. The van der Waals surface area contributed by atoms with Crippen LogP contribution in [-0.2, 0) is 22.6 Å². The molecule has 2 rings (SSSR count). The lowest BCUT2D eigenvalue weighted by Gasteiger charge is -2.18. The zero-order valence-electron chi connectivity index (χ0n) is 20.8. The Hall–Kier alpha value is -2.15. The summed E-state index contributed by atoms with van der Waals surface area (Å²) in [7, 11) is -3.01. The van der Waals surface area contributed by atoms with Crippen LogP contribution in [0.4, 0.5) is 17.6 Å². The number of halogens is 5. The number of hydrogen-bond acceptors (Lipinski definition) is 3. The number of nitrogens with zero attached hydrogens (tertiary/aromatic N) is 1. The molecule has 0 fully saturated rings. The van der Waals surface area contributed by atoms with Crippen molar-refractivity contribution < 1.29 is 26.0 Å². The molecule has 10 heteroatoms. The molecule has 0 saturated carbocycles. The Labute approximate surface area is 211 Å². The quantitative estimate of drug-likeness (QED) is 0.399. The second-order valence-corrected chi connectivity index (χ2v) is 10.5. The highest BCUT2D eigenvalue weighted by molar-refractivity contribution is 7.88. The molecule has 0 amide bonds. The Balaban J connectivity index is 0.000000500. The molecule has 35 heavy (non-hydrogen) atoms. The van der Waals surface area contributed by atoms with E-state index in [4.69, 9.17) is 16.9 Å². The van der Waals surface area contributed by atoms with Gasteiger partial charge < -0.3 is 0 Å². The molecule has 0 aliphatic rings. The van der Waals surface area contributed by atoms with Gasteiger partial charge in [-0.25, -0.2) is 17.5 Å². The summed E-state index contributed by atoms with van der Waals surface area (Å²) in [6.07, 6.45) is -2.22. The molecule has 1 atom stereocenters. The highest BCUT2D eigenvalue weighted by Gasteiger charge is 2.36. The van der Waals surface area contributed by atoms with Crippen LogP contribution in [0.1, 0.15) is 56.4 Å². The van der Waals surface area contributed by atoms with E-state index < -0.39 is 27.6 Å². The average Bonchev–Trinajstić information content (AvgIpc) is 2.73. The Morgan fingerprint density at radius 3 is 2.11 bits per heavy atom. The molecule has 1 N–H and O–H groups in total. The number of benzene rings is 2. The van der Waals surface area contributed by atoms with Crippen molar-refractivity contribution in [1.82, 2.24) is 4.72 Å². The van der Waals surface area contributed by atoms with Gasteiger partial charge in [0.2, 0.25) is 10.0 Å². The third-order valence-electron chi connectivity index (χ3n) is 5.08. The zero-order valence-corrected chi connectivity index (χ0v) is 22.4. The molecule has 0 aliphatic heterocycles. The van der Waals surface area contributed by atoms with E-state index in [2.05, 4.69) is 25.5 Å². The van der Waals surface area contributed by atoms with Crippen LogP contribution in [0.25, 0.3) is 0 Å². The van der Waals surface area contributed by atoms with Gasteiger partial charge >= 0.3 is 6.18 Å². The van der Waals surface area contributed by atoms with Gasteiger partial charge in [-0.1, -0.05) is 63.9 Å². The lowest BCUT2D eigenvalue weighted by Crippen LogP contribution is -2.30. The molecule has 2 aromatic rings. The Kier molecular flexibility index (Phi) is 14.1. The predicted octanol–water partition coefficient (Wildman–Crippen LogP) is 7.14. The smallest absolute Gasteiger partial charge is 0.215 e. The molecule has 1 unspecified atom stereocenters. The van der Waals surface area contributed by atoms with Crippen molar-refractivity contribution in [3.8, 4) is 6.07 Å². The van der Waals surface area contributed by atoms with Crippen molar-refractivity contribution in [2.45, 2.75) is 53.6 Å². The SMILES string of the molecule is CCC(CNS(C)(=O)=O)C(C)C.CCc1cccc(F)c1C(F)(F)F.Cc1ccc(C#N)c(Cl)c1. The summed E-state index contributed by atoms with van der Waals surface area (Å²) in [5.74, 6) is -0.226. The maximum Gasteiger partial charge on any atom is 0.419 e. The molecule has 0 aliphatic carbocycles.